The van der Waals surface area contributed by atoms with E-state index < -0.39 is 5.91 Å². The van der Waals surface area contributed by atoms with Gasteiger partial charge in [-0.05, 0) is 37.7 Å². The fourth-order valence-corrected chi connectivity index (χ4v) is 2.63. The number of benzene rings is 1. The molecule has 21 heavy (non-hydrogen) atoms. The van der Waals surface area contributed by atoms with Crippen molar-refractivity contribution in [2.24, 2.45) is 5.84 Å². The van der Waals surface area contributed by atoms with Crippen LogP contribution in [0, 0.1) is 6.92 Å². The predicted octanol–water partition coefficient (Wildman–Crippen LogP) is 2.59. The van der Waals surface area contributed by atoms with E-state index in [0.29, 0.717) is 6.54 Å². The van der Waals surface area contributed by atoms with E-state index in [9.17, 15) is 4.79 Å². The lowest BCUT2D eigenvalue weighted by molar-refractivity contribution is 0.0921. The molecule has 5 nitrogen and oxygen atoms in total. The zero-order chi connectivity index (χ0) is 15.4. The Bertz CT molecular complexity index is 640. The van der Waals surface area contributed by atoms with Crippen molar-refractivity contribution >= 4 is 21.8 Å². The quantitative estimate of drug-likeness (QED) is 0.493. The largest absolute Gasteiger partial charge is 0.454 e. The first kappa shape index (κ1) is 15.8. The maximum absolute atomic E-state index is 11.5. The molecule has 1 aromatic carbocycles. The van der Waals surface area contributed by atoms with Gasteiger partial charge in [0.2, 0.25) is 0 Å². The number of nitrogens with two attached hydrogens (primary N) is 1. The van der Waals surface area contributed by atoms with Gasteiger partial charge in [0.05, 0.1) is 6.54 Å². The van der Waals surface area contributed by atoms with Gasteiger partial charge in [0.15, 0.2) is 5.76 Å². The molecule has 1 heterocycles. The second-order valence-electron chi connectivity index (χ2n) is 5.00. The molecule has 2 rings (SSSR count). The summed E-state index contributed by atoms with van der Waals surface area (Å²) in [5.74, 6) is 5.72. The first-order valence-corrected chi connectivity index (χ1v) is 7.32. The number of carbonyl (C=O) groups is 1. The van der Waals surface area contributed by atoms with Crippen LogP contribution in [-0.2, 0) is 13.1 Å². The highest BCUT2D eigenvalue weighted by molar-refractivity contribution is 9.10. The molecule has 0 radical (unpaired) electrons. The molecule has 2 aromatic rings. The number of rotatable bonds is 5. The maximum atomic E-state index is 11.5. The van der Waals surface area contributed by atoms with E-state index in [1.807, 2.05) is 32.2 Å². The first-order valence-electron chi connectivity index (χ1n) is 6.53. The van der Waals surface area contributed by atoms with Crippen molar-refractivity contribution in [2.45, 2.75) is 20.0 Å². The highest BCUT2D eigenvalue weighted by Crippen LogP contribution is 2.18. The topological polar surface area (TPSA) is 71.5 Å². The average molecular weight is 352 g/mol. The molecule has 0 bridgehead atoms. The van der Waals surface area contributed by atoms with Gasteiger partial charge in [-0.15, -0.1) is 0 Å². The first-order chi connectivity index (χ1) is 9.99. The highest BCUT2D eigenvalue weighted by atomic mass is 79.9. The van der Waals surface area contributed by atoms with Gasteiger partial charge in [0.1, 0.15) is 5.76 Å². The van der Waals surface area contributed by atoms with Crippen molar-refractivity contribution in [1.82, 2.24) is 10.3 Å². The Morgan fingerprint density at radius 3 is 2.81 bits per heavy atom. The third-order valence-electron chi connectivity index (χ3n) is 3.07. The maximum Gasteiger partial charge on any atom is 0.301 e. The van der Waals surface area contributed by atoms with Gasteiger partial charge in [-0.2, -0.15) is 0 Å². The lowest BCUT2D eigenvalue weighted by atomic mass is 10.2. The molecule has 6 heteroatoms. The van der Waals surface area contributed by atoms with Crippen LogP contribution in [0.5, 0.6) is 0 Å². The van der Waals surface area contributed by atoms with E-state index in [-0.39, 0.29) is 5.76 Å². The number of hydrogen-bond acceptors (Lipinski definition) is 4. The van der Waals surface area contributed by atoms with Crippen molar-refractivity contribution in [3.05, 3.63) is 57.5 Å². The van der Waals surface area contributed by atoms with Crippen molar-refractivity contribution < 1.29 is 9.21 Å². The normalized spacial score (nSPS) is 10.9. The lowest BCUT2D eigenvalue weighted by Gasteiger charge is -2.15. The Morgan fingerprint density at radius 2 is 2.14 bits per heavy atom. The Kier molecular flexibility index (Phi) is 5.17. The zero-order valence-corrected chi connectivity index (χ0v) is 13.6. The van der Waals surface area contributed by atoms with Crippen LogP contribution in [0.2, 0.25) is 0 Å². The van der Waals surface area contributed by atoms with Gasteiger partial charge < -0.3 is 4.42 Å². The van der Waals surface area contributed by atoms with Crippen LogP contribution >= 0.6 is 15.9 Å². The van der Waals surface area contributed by atoms with Crippen LogP contribution in [0.3, 0.4) is 0 Å². The second-order valence-corrected chi connectivity index (χ2v) is 5.92. The predicted molar refractivity (Wildman–Crippen MR) is 84.4 cm³/mol. The van der Waals surface area contributed by atoms with E-state index >= 15 is 0 Å². The molecular formula is C15H18BrN3O2. The summed E-state index contributed by atoms with van der Waals surface area (Å²) in [7, 11) is 2.00. The summed E-state index contributed by atoms with van der Waals surface area (Å²) in [6, 6.07) is 10.0. The molecule has 0 saturated heterocycles. The molecule has 0 unspecified atom stereocenters. The zero-order valence-electron chi connectivity index (χ0n) is 12.0. The molecule has 0 atom stereocenters. The third-order valence-corrected chi connectivity index (χ3v) is 3.57. The minimum Gasteiger partial charge on any atom is -0.454 e. The number of halogens is 1. The Labute approximate surface area is 132 Å². The molecule has 0 aliphatic rings. The lowest BCUT2D eigenvalue weighted by Crippen LogP contribution is -2.30. The van der Waals surface area contributed by atoms with Gasteiger partial charge in [0, 0.05) is 16.6 Å². The summed E-state index contributed by atoms with van der Waals surface area (Å²) in [6.07, 6.45) is 0. The van der Waals surface area contributed by atoms with E-state index in [1.54, 1.807) is 0 Å². The van der Waals surface area contributed by atoms with Crippen LogP contribution in [-0.4, -0.2) is 17.9 Å². The number of nitrogens with zero attached hydrogens (tertiary/aromatic N) is 1. The van der Waals surface area contributed by atoms with Gasteiger partial charge in [0.25, 0.3) is 0 Å². The second kappa shape index (κ2) is 6.89. The SMILES string of the molecule is Cc1cc(CN(C)Cc2cccc(Br)c2)oc1C(=O)NN. The summed E-state index contributed by atoms with van der Waals surface area (Å²) < 4.78 is 6.62. The highest BCUT2D eigenvalue weighted by Gasteiger charge is 2.15. The monoisotopic (exact) mass is 351 g/mol. The Morgan fingerprint density at radius 1 is 1.38 bits per heavy atom. The van der Waals surface area contributed by atoms with Crippen molar-refractivity contribution in [3.8, 4) is 0 Å². The van der Waals surface area contributed by atoms with Crippen molar-refractivity contribution in [2.75, 3.05) is 7.05 Å². The molecule has 1 amide bonds. The Hall–Kier alpha value is -1.63. The number of amides is 1. The van der Waals surface area contributed by atoms with E-state index in [2.05, 4.69) is 38.4 Å². The minimum atomic E-state index is -0.409. The van der Waals surface area contributed by atoms with E-state index in [1.165, 1.54) is 5.56 Å². The van der Waals surface area contributed by atoms with Crippen molar-refractivity contribution in [3.63, 3.8) is 0 Å². The molecular weight excluding hydrogens is 334 g/mol. The summed E-state index contributed by atoms with van der Waals surface area (Å²) in [5.41, 5.74) is 4.07. The van der Waals surface area contributed by atoms with Gasteiger partial charge in [-0.3, -0.25) is 15.1 Å². The summed E-state index contributed by atoms with van der Waals surface area (Å²) >= 11 is 3.46. The van der Waals surface area contributed by atoms with Crippen LogP contribution in [0.25, 0.3) is 0 Å². The van der Waals surface area contributed by atoms with Crippen LogP contribution in [0.4, 0.5) is 0 Å². The number of hydrogen-bond donors (Lipinski definition) is 2. The van der Waals surface area contributed by atoms with E-state index in [4.69, 9.17) is 10.3 Å². The minimum absolute atomic E-state index is 0.267. The van der Waals surface area contributed by atoms with Crippen LogP contribution < -0.4 is 11.3 Å². The molecule has 1 aromatic heterocycles. The fourth-order valence-electron chi connectivity index (χ4n) is 2.19. The number of hydrazine groups is 1. The summed E-state index contributed by atoms with van der Waals surface area (Å²) in [4.78, 5) is 13.6. The molecule has 0 saturated carbocycles. The van der Waals surface area contributed by atoms with Gasteiger partial charge in [-0.1, -0.05) is 28.1 Å². The van der Waals surface area contributed by atoms with Crippen LogP contribution in [0.1, 0.15) is 27.4 Å². The Balaban J connectivity index is 2.03. The molecule has 0 aliphatic heterocycles. The molecule has 3 N–H and O–H groups in total. The smallest absolute Gasteiger partial charge is 0.301 e. The number of aryl methyl sites for hydroxylation is 1. The van der Waals surface area contributed by atoms with Gasteiger partial charge in [-0.25, -0.2) is 5.84 Å². The molecule has 0 spiro atoms. The molecule has 0 aliphatic carbocycles. The standard InChI is InChI=1S/C15H18BrN3O2/c1-10-6-13(21-14(10)15(20)18-17)9-19(2)8-11-4-3-5-12(16)7-11/h3-7H,8-9,17H2,1-2H3,(H,18,20). The fraction of sp³-hybridized carbons (Fsp3) is 0.267. The number of carbonyl (C=O) groups excluding carboxylic acids is 1. The van der Waals surface area contributed by atoms with Crippen LogP contribution in [0.15, 0.2) is 39.2 Å². The van der Waals surface area contributed by atoms with Crippen molar-refractivity contribution in [1.29, 1.82) is 0 Å². The number of furan rings is 1. The summed E-state index contributed by atoms with van der Waals surface area (Å²) in [5, 5.41) is 0. The number of nitrogen functional groups attached to an aromatic ring is 1. The average Bonchev–Trinajstić information content (AvgIpc) is 2.78. The molecule has 112 valence electrons. The van der Waals surface area contributed by atoms with Gasteiger partial charge >= 0.3 is 5.91 Å². The number of nitrogens with one attached hydrogen (secondary N) is 1. The van der Waals surface area contributed by atoms with E-state index in [0.717, 1.165) is 22.3 Å². The molecule has 0 fully saturated rings. The third kappa shape index (κ3) is 4.17. The summed E-state index contributed by atoms with van der Waals surface area (Å²) in [6.45, 7) is 3.23.